The predicted octanol–water partition coefficient (Wildman–Crippen LogP) is 3.59. The Morgan fingerprint density at radius 2 is 1.78 bits per heavy atom. The van der Waals surface area contributed by atoms with Crippen molar-refractivity contribution in [2.45, 2.75) is 25.4 Å². The SMILES string of the molecule is COc1cc2c(cc1OC)C(c1ccccc1)N(C(=O)C(C)NC(=O)c1ccco1)CC2. The number of rotatable bonds is 6. The number of fused-ring (bicyclic) bond motifs is 1. The van der Waals surface area contributed by atoms with E-state index in [9.17, 15) is 9.59 Å². The molecule has 32 heavy (non-hydrogen) atoms. The van der Waals surface area contributed by atoms with Crippen molar-refractivity contribution < 1.29 is 23.5 Å². The molecule has 2 atom stereocenters. The summed E-state index contributed by atoms with van der Waals surface area (Å²) in [5.41, 5.74) is 3.07. The Morgan fingerprint density at radius 3 is 2.44 bits per heavy atom. The summed E-state index contributed by atoms with van der Waals surface area (Å²) in [5, 5.41) is 2.75. The predicted molar refractivity (Wildman–Crippen MR) is 119 cm³/mol. The molecule has 2 aromatic carbocycles. The molecule has 166 valence electrons. The Labute approximate surface area is 186 Å². The first-order valence-electron chi connectivity index (χ1n) is 10.5. The Morgan fingerprint density at radius 1 is 1.06 bits per heavy atom. The van der Waals surface area contributed by atoms with Crippen molar-refractivity contribution in [3.63, 3.8) is 0 Å². The van der Waals surface area contributed by atoms with Crippen molar-refractivity contribution in [1.82, 2.24) is 10.2 Å². The normalized spacial score (nSPS) is 16.1. The number of nitrogens with one attached hydrogen (secondary N) is 1. The van der Waals surface area contributed by atoms with E-state index in [1.54, 1.807) is 33.3 Å². The van der Waals surface area contributed by atoms with Crippen molar-refractivity contribution >= 4 is 11.8 Å². The molecular formula is C25H26N2O5. The molecule has 3 aromatic rings. The van der Waals surface area contributed by atoms with E-state index in [1.807, 2.05) is 47.4 Å². The van der Waals surface area contributed by atoms with Gasteiger partial charge in [-0.05, 0) is 54.3 Å². The van der Waals surface area contributed by atoms with Gasteiger partial charge in [0, 0.05) is 6.54 Å². The van der Waals surface area contributed by atoms with Gasteiger partial charge in [-0.2, -0.15) is 0 Å². The molecule has 2 unspecified atom stereocenters. The molecule has 0 saturated heterocycles. The number of hydrogen-bond acceptors (Lipinski definition) is 5. The summed E-state index contributed by atoms with van der Waals surface area (Å²) in [6, 6.07) is 15.9. The van der Waals surface area contributed by atoms with Crippen LogP contribution < -0.4 is 14.8 Å². The molecule has 7 heteroatoms. The maximum atomic E-state index is 13.5. The smallest absolute Gasteiger partial charge is 0.287 e. The molecule has 1 aliphatic rings. The average molecular weight is 434 g/mol. The molecule has 1 aromatic heterocycles. The summed E-state index contributed by atoms with van der Waals surface area (Å²) in [6.45, 7) is 2.21. The third-order valence-electron chi connectivity index (χ3n) is 5.74. The number of nitrogens with zero attached hydrogens (tertiary/aromatic N) is 1. The molecular weight excluding hydrogens is 408 g/mol. The number of carbonyl (C=O) groups excluding carboxylic acids is 2. The molecule has 0 spiro atoms. The van der Waals surface area contributed by atoms with Gasteiger partial charge in [0.05, 0.1) is 26.5 Å². The number of hydrogen-bond donors (Lipinski definition) is 1. The number of methoxy groups -OCH3 is 2. The lowest BCUT2D eigenvalue weighted by Crippen LogP contribution is -2.50. The third-order valence-corrected chi connectivity index (χ3v) is 5.74. The molecule has 1 N–H and O–H groups in total. The van der Waals surface area contributed by atoms with E-state index < -0.39 is 11.9 Å². The average Bonchev–Trinajstić information content (AvgIpc) is 3.37. The van der Waals surface area contributed by atoms with E-state index in [0.29, 0.717) is 24.5 Å². The first kappa shape index (κ1) is 21.5. The zero-order valence-electron chi connectivity index (χ0n) is 18.3. The number of furan rings is 1. The standard InChI is InChI=1S/C25H26N2O5/c1-16(26-24(28)20-10-7-13-32-20)25(29)27-12-11-18-14-21(30-2)22(31-3)15-19(18)23(27)17-8-5-4-6-9-17/h4-10,13-16,23H,11-12H2,1-3H3,(H,26,28). The summed E-state index contributed by atoms with van der Waals surface area (Å²) in [7, 11) is 3.21. The fourth-order valence-electron chi connectivity index (χ4n) is 4.16. The number of amides is 2. The van der Waals surface area contributed by atoms with Gasteiger partial charge in [0.1, 0.15) is 6.04 Å². The van der Waals surface area contributed by atoms with Crippen molar-refractivity contribution in [2.75, 3.05) is 20.8 Å². The Hall–Kier alpha value is -3.74. The van der Waals surface area contributed by atoms with Crippen molar-refractivity contribution in [1.29, 1.82) is 0 Å². The highest BCUT2D eigenvalue weighted by Crippen LogP contribution is 2.41. The molecule has 1 aliphatic heterocycles. The summed E-state index contributed by atoms with van der Waals surface area (Å²) < 4.78 is 16.1. The van der Waals surface area contributed by atoms with Crippen molar-refractivity contribution in [2.24, 2.45) is 0 Å². The monoisotopic (exact) mass is 434 g/mol. The van der Waals surface area contributed by atoms with Crippen LogP contribution in [0.3, 0.4) is 0 Å². The largest absolute Gasteiger partial charge is 0.493 e. The van der Waals surface area contributed by atoms with E-state index in [1.165, 1.54) is 6.26 Å². The van der Waals surface area contributed by atoms with Crippen LogP contribution in [-0.4, -0.2) is 43.5 Å². The van der Waals surface area contributed by atoms with Gasteiger partial charge in [-0.15, -0.1) is 0 Å². The molecule has 4 rings (SSSR count). The van der Waals surface area contributed by atoms with Gasteiger partial charge in [0.2, 0.25) is 5.91 Å². The van der Waals surface area contributed by atoms with E-state index in [-0.39, 0.29) is 17.7 Å². The minimum atomic E-state index is -0.722. The van der Waals surface area contributed by atoms with Crippen LogP contribution in [-0.2, 0) is 11.2 Å². The highest BCUT2D eigenvalue weighted by Gasteiger charge is 2.35. The summed E-state index contributed by atoms with van der Waals surface area (Å²) >= 11 is 0. The second-order valence-corrected chi connectivity index (χ2v) is 7.67. The van der Waals surface area contributed by atoms with Crippen LogP contribution >= 0.6 is 0 Å². The summed E-state index contributed by atoms with van der Waals surface area (Å²) in [6.07, 6.45) is 2.10. The lowest BCUT2D eigenvalue weighted by Gasteiger charge is -2.39. The second kappa shape index (κ2) is 9.18. The fourth-order valence-corrected chi connectivity index (χ4v) is 4.16. The first-order valence-corrected chi connectivity index (χ1v) is 10.5. The van der Waals surface area contributed by atoms with Crippen LogP contribution in [0.2, 0.25) is 0 Å². The molecule has 0 saturated carbocycles. The third kappa shape index (κ3) is 4.06. The Balaban J connectivity index is 1.69. The van der Waals surface area contributed by atoms with Gasteiger partial charge in [0.25, 0.3) is 5.91 Å². The molecule has 2 heterocycles. The minimum absolute atomic E-state index is 0.167. The quantitative estimate of drug-likeness (QED) is 0.641. The Kier molecular flexibility index (Phi) is 6.16. The van der Waals surface area contributed by atoms with E-state index >= 15 is 0 Å². The number of ether oxygens (including phenoxy) is 2. The van der Waals surface area contributed by atoms with Crippen LogP contribution in [0.5, 0.6) is 11.5 Å². The maximum absolute atomic E-state index is 13.5. The zero-order chi connectivity index (χ0) is 22.7. The van der Waals surface area contributed by atoms with E-state index in [2.05, 4.69) is 5.32 Å². The molecule has 2 amide bonds. The minimum Gasteiger partial charge on any atom is -0.493 e. The molecule has 0 radical (unpaired) electrons. The van der Waals surface area contributed by atoms with Gasteiger partial charge in [-0.1, -0.05) is 30.3 Å². The van der Waals surface area contributed by atoms with Crippen LogP contribution in [0.15, 0.2) is 65.3 Å². The van der Waals surface area contributed by atoms with E-state index in [4.69, 9.17) is 13.9 Å². The zero-order valence-corrected chi connectivity index (χ0v) is 18.3. The second-order valence-electron chi connectivity index (χ2n) is 7.67. The topological polar surface area (TPSA) is 81.0 Å². The highest BCUT2D eigenvalue weighted by molar-refractivity contribution is 5.95. The van der Waals surface area contributed by atoms with Gasteiger partial charge >= 0.3 is 0 Å². The Bertz CT molecular complexity index is 1100. The number of benzene rings is 2. The van der Waals surface area contributed by atoms with Crippen LogP contribution in [0.25, 0.3) is 0 Å². The molecule has 0 fully saturated rings. The molecule has 0 bridgehead atoms. The van der Waals surface area contributed by atoms with Crippen LogP contribution in [0.4, 0.5) is 0 Å². The first-order chi connectivity index (χ1) is 15.5. The van der Waals surface area contributed by atoms with Crippen LogP contribution in [0.1, 0.15) is 40.2 Å². The summed E-state index contributed by atoms with van der Waals surface area (Å²) in [5.74, 6) is 0.859. The van der Waals surface area contributed by atoms with Gasteiger partial charge in [-0.3, -0.25) is 9.59 Å². The number of carbonyl (C=O) groups is 2. The molecule has 0 aliphatic carbocycles. The van der Waals surface area contributed by atoms with Gasteiger partial charge < -0.3 is 24.1 Å². The van der Waals surface area contributed by atoms with Crippen LogP contribution in [0, 0.1) is 0 Å². The maximum Gasteiger partial charge on any atom is 0.287 e. The van der Waals surface area contributed by atoms with Crippen molar-refractivity contribution in [3.05, 3.63) is 83.3 Å². The highest BCUT2D eigenvalue weighted by atomic mass is 16.5. The van der Waals surface area contributed by atoms with Gasteiger partial charge in [-0.25, -0.2) is 0 Å². The lowest BCUT2D eigenvalue weighted by molar-refractivity contribution is -0.135. The molecule has 7 nitrogen and oxygen atoms in total. The van der Waals surface area contributed by atoms with E-state index in [0.717, 1.165) is 16.7 Å². The fraction of sp³-hybridized carbons (Fsp3) is 0.280. The summed E-state index contributed by atoms with van der Waals surface area (Å²) in [4.78, 5) is 27.7. The van der Waals surface area contributed by atoms with Gasteiger partial charge in [0.15, 0.2) is 17.3 Å². The lowest BCUT2D eigenvalue weighted by atomic mass is 9.87. The van der Waals surface area contributed by atoms with Crippen molar-refractivity contribution in [3.8, 4) is 11.5 Å².